The van der Waals surface area contributed by atoms with E-state index in [0.717, 1.165) is 21.0 Å². The van der Waals surface area contributed by atoms with Crippen molar-refractivity contribution in [2.24, 2.45) is 11.7 Å². The van der Waals surface area contributed by atoms with Gasteiger partial charge in [-0.1, -0.05) is 13.8 Å². The van der Waals surface area contributed by atoms with Crippen LogP contribution in [0.25, 0.3) is 10.2 Å². The molecule has 1 heterocycles. The van der Waals surface area contributed by atoms with Crippen LogP contribution < -0.4 is 10.5 Å². The van der Waals surface area contributed by atoms with Crippen LogP contribution in [0.3, 0.4) is 0 Å². The van der Waals surface area contributed by atoms with E-state index in [1.807, 2.05) is 18.2 Å². The maximum atomic E-state index is 6.09. The zero-order valence-corrected chi connectivity index (χ0v) is 10.5. The van der Waals surface area contributed by atoms with Crippen molar-refractivity contribution in [1.82, 2.24) is 4.98 Å². The summed E-state index contributed by atoms with van der Waals surface area (Å²) in [6.45, 7) is 4.22. The molecule has 16 heavy (non-hydrogen) atoms. The summed E-state index contributed by atoms with van der Waals surface area (Å²) in [7, 11) is 1.67. The van der Waals surface area contributed by atoms with Gasteiger partial charge in [-0.15, -0.1) is 11.3 Å². The van der Waals surface area contributed by atoms with Crippen LogP contribution in [0.1, 0.15) is 24.9 Å². The van der Waals surface area contributed by atoms with Gasteiger partial charge in [0, 0.05) is 0 Å². The molecule has 1 aromatic heterocycles. The van der Waals surface area contributed by atoms with Crippen LogP contribution in [0.4, 0.5) is 0 Å². The van der Waals surface area contributed by atoms with Crippen LogP contribution in [0, 0.1) is 5.92 Å². The molecule has 0 spiro atoms. The lowest BCUT2D eigenvalue weighted by Crippen LogP contribution is -2.16. The van der Waals surface area contributed by atoms with E-state index in [1.165, 1.54) is 0 Å². The van der Waals surface area contributed by atoms with Crippen LogP contribution in [0.15, 0.2) is 18.2 Å². The van der Waals surface area contributed by atoms with E-state index >= 15 is 0 Å². The maximum Gasteiger partial charge on any atom is 0.120 e. The molecule has 0 bridgehead atoms. The van der Waals surface area contributed by atoms with Crippen LogP contribution in [0.5, 0.6) is 5.75 Å². The highest BCUT2D eigenvalue weighted by Crippen LogP contribution is 2.30. The highest BCUT2D eigenvalue weighted by molar-refractivity contribution is 7.18. The van der Waals surface area contributed by atoms with E-state index in [1.54, 1.807) is 18.4 Å². The summed E-state index contributed by atoms with van der Waals surface area (Å²) in [5, 5.41) is 0.998. The van der Waals surface area contributed by atoms with Crippen molar-refractivity contribution in [1.29, 1.82) is 0 Å². The molecule has 0 saturated carbocycles. The number of benzene rings is 1. The number of nitrogens with zero attached hydrogens (tertiary/aromatic N) is 1. The van der Waals surface area contributed by atoms with Gasteiger partial charge in [-0.3, -0.25) is 0 Å². The average Bonchev–Trinajstić information content (AvgIpc) is 2.69. The van der Waals surface area contributed by atoms with Crippen LogP contribution in [-0.4, -0.2) is 12.1 Å². The normalized spacial score (nSPS) is 13.3. The van der Waals surface area contributed by atoms with Gasteiger partial charge in [-0.25, -0.2) is 4.98 Å². The topological polar surface area (TPSA) is 48.1 Å². The third-order valence-electron chi connectivity index (χ3n) is 2.62. The molecular formula is C12H16N2OS. The molecule has 0 amide bonds. The number of nitrogens with two attached hydrogens (primary N) is 1. The van der Waals surface area contributed by atoms with E-state index in [0.29, 0.717) is 5.92 Å². The highest BCUT2D eigenvalue weighted by atomic mass is 32.1. The smallest absolute Gasteiger partial charge is 0.120 e. The molecule has 0 radical (unpaired) electrons. The molecule has 2 rings (SSSR count). The Morgan fingerprint density at radius 3 is 2.75 bits per heavy atom. The molecule has 0 aliphatic carbocycles. The maximum absolute atomic E-state index is 6.09. The summed E-state index contributed by atoms with van der Waals surface area (Å²) in [6, 6.07) is 5.92. The Morgan fingerprint density at radius 2 is 2.12 bits per heavy atom. The first-order chi connectivity index (χ1) is 7.61. The number of rotatable bonds is 3. The summed E-state index contributed by atoms with van der Waals surface area (Å²) < 4.78 is 6.32. The van der Waals surface area contributed by atoms with Gasteiger partial charge >= 0.3 is 0 Å². The number of aromatic nitrogens is 1. The van der Waals surface area contributed by atoms with Crippen molar-refractivity contribution in [3.05, 3.63) is 23.2 Å². The van der Waals surface area contributed by atoms with Crippen molar-refractivity contribution in [2.45, 2.75) is 19.9 Å². The monoisotopic (exact) mass is 236 g/mol. The quantitative estimate of drug-likeness (QED) is 0.891. The fourth-order valence-electron chi connectivity index (χ4n) is 1.48. The van der Waals surface area contributed by atoms with E-state index in [-0.39, 0.29) is 6.04 Å². The van der Waals surface area contributed by atoms with E-state index < -0.39 is 0 Å². The SMILES string of the molecule is COc1ccc2nc(C(N)C(C)C)sc2c1. The predicted molar refractivity (Wildman–Crippen MR) is 67.9 cm³/mol. The summed E-state index contributed by atoms with van der Waals surface area (Å²) in [5.41, 5.74) is 7.09. The summed E-state index contributed by atoms with van der Waals surface area (Å²) in [4.78, 5) is 4.55. The lowest BCUT2D eigenvalue weighted by molar-refractivity contribution is 0.415. The standard InChI is InChI=1S/C12H16N2OS/c1-7(2)11(13)12-14-9-5-4-8(15-3)6-10(9)16-12/h4-7,11H,13H2,1-3H3. The first kappa shape index (κ1) is 11.4. The molecule has 2 aromatic rings. The largest absolute Gasteiger partial charge is 0.497 e. The molecule has 0 aliphatic rings. The Bertz CT molecular complexity index is 493. The van der Waals surface area contributed by atoms with Gasteiger partial charge in [0.25, 0.3) is 0 Å². The molecule has 0 saturated heterocycles. The van der Waals surface area contributed by atoms with Gasteiger partial charge < -0.3 is 10.5 Å². The van der Waals surface area contributed by atoms with E-state index in [4.69, 9.17) is 10.5 Å². The molecule has 3 nitrogen and oxygen atoms in total. The number of hydrogen-bond acceptors (Lipinski definition) is 4. The fourth-order valence-corrected chi connectivity index (χ4v) is 2.65. The minimum Gasteiger partial charge on any atom is -0.497 e. The Labute approximate surface area is 99.3 Å². The van der Waals surface area contributed by atoms with Crippen molar-refractivity contribution in [3.63, 3.8) is 0 Å². The summed E-state index contributed by atoms with van der Waals surface area (Å²) in [5.74, 6) is 1.27. The molecule has 0 aliphatic heterocycles. The second-order valence-corrected chi connectivity index (χ2v) is 5.22. The van der Waals surface area contributed by atoms with Crippen LogP contribution >= 0.6 is 11.3 Å². The van der Waals surface area contributed by atoms with Crippen molar-refractivity contribution in [3.8, 4) is 5.75 Å². The van der Waals surface area contributed by atoms with Gasteiger partial charge in [0.15, 0.2) is 0 Å². The minimum absolute atomic E-state index is 0.0170. The van der Waals surface area contributed by atoms with Crippen molar-refractivity contribution in [2.75, 3.05) is 7.11 Å². The molecular weight excluding hydrogens is 220 g/mol. The highest BCUT2D eigenvalue weighted by Gasteiger charge is 2.15. The summed E-state index contributed by atoms with van der Waals surface area (Å²) in [6.07, 6.45) is 0. The number of ether oxygens (including phenoxy) is 1. The second kappa shape index (κ2) is 4.39. The number of thiazole rings is 1. The Kier molecular flexibility index (Phi) is 3.12. The lowest BCUT2D eigenvalue weighted by atomic mass is 10.1. The minimum atomic E-state index is 0.0170. The van der Waals surface area contributed by atoms with Crippen LogP contribution in [-0.2, 0) is 0 Å². The molecule has 1 unspecified atom stereocenters. The second-order valence-electron chi connectivity index (χ2n) is 4.16. The number of methoxy groups -OCH3 is 1. The summed E-state index contributed by atoms with van der Waals surface area (Å²) >= 11 is 1.65. The third-order valence-corrected chi connectivity index (χ3v) is 3.74. The van der Waals surface area contributed by atoms with Gasteiger partial charge in [-0.05, 0) is 24.1 Å². The van der Waals surface area contributed by atoms with Crippen LogP contribution in [0.2, 0.25) is 0 Å². The van der Waals surface area contributed by atoms with E-state index in [2.05, 4.69) is 18.8 Å². The molecule has 2 N–H and O–H groups in total. The first-order valence-corrected chi connectivity index (χ1v) is 6.13. The molecule has 86 valence electrons. The average molecular weight is 236 g/mol. The Hall–Kier alpha value is -1.13. The molecule has 4 heteroatoms. The van der Waals surface area contributed by atoms with Gasteiger partial charge in [0.05, 0.1) is 23.4 Å². The first-order valence-electron chi connectivity index (χ1n) is 5.32. The lowest BCUT2D eigenvalue weighted by Gasteiger charge is -2.11. The van der Waals surface area contributed by atoms with E-state index in [9.17, 15) is 0 Å². The Morgan fingerprint density at radius 1 is 1.38 bits per heavy atom. The third kappa shape index (κ3) is 2.03. The zero-order valence-electron chi connectivity index (χ0n) is 9.73. The molecule has 1 atom stereocenters. The number of fused-ring (bicyclic) bond motifs is 1. The molecule has 1 aromatic carbocycles. The number of hydrogen-bond donors (Lipinski definition) is 1. The Balaban J connectivity index is 2.43. The van der Waals surface area contributed by atoms with Crippen molar-refractivity contribution >= 4 is 21.6 Å². The van der Waals surface area contributed by atoms with Gasteiger partial charge in [0.2, 0.25) is 0 Å². The van der Waals surface area contributed by atoms with Gasteiger partial charge in [0.1, 0.15) is 10.8 Å². The molecule has 0 fully saturated rings. The van der Waals surface area contributed by atoms with Crippen molar-refractivity contribution < 1.29 is 4.74 Å². The zero-order chi connectivity index (χ0) is 11.7. The fraction of sp³-hybridized carbons (Fsp3) is 0.417. The predicted octanol–water partition coefficient (Wildman–Crippen LogP) is 2.96. The van der Waals surface area contributed by atoms with Gasteiger partial charge in [-0.2, -0.15) is 0 Å².